The van der Waals surface area contributed by atoms with Crippen molar-refractivity contribution in [3.63, 3.8) is 0 Å². The first-order valence-electron chi connectivity index (χ1n) is 8.17. The van der Waals surface area contributed by atoms with Gasteiger partial charge in [0.25, 0.3) is 0 Å². The summed E-state index contributed by atoms with van der Waals surface area (Å²) in [5.74, 6) is -2.65. The molecule has 0 aromatic heterocycles. The molecule has 2 rings (SSSR count). The van der Waals surface area contributed by atoms with E-state index in [4.69, 9.17) is 58.0 Å². The van der Waals surface area contributed by atoms with Crippen LogP contribution in [0.3, 0.4) is 0 Å². The SMILES string of the molecule is O=C(CC(C(C=C(Cl)Cl)C(=O)c1ccc(Br)cc1)C(Cl)(Cl)Cl)c1ccc(Br)cc1. The number of ketones is 2. The number of rotatable bonds is 7. The smallest absolute Gasteiger partial charge is 0.194 e. The zero-order valence-electron chi connectivity index (χ0n) is 14.5. The highest BCUT2D eigenvalue weighted by Gasteiger charge is 2.42. The second kappa shape index (κ2) is 11.0. The van der Waals surface area contributed by atoms with E-state index in [1.807, 2.05) is 0 Å². The van der Waals surface area contributed by atoms with E-state index in [0.29, 0.717) is 11.1 Å². The van der Waals surface area contributed by atoms with E-state index in [2.05, 4.69) is 31.9 Å². The molecule has 0 radical (unpaired) electrons. The Kier molecular flexibility index (Phi) is 9.55. The van der Waals surface area contributed by atoms with Gasteiger partial charge in [-0.2, -0.15) is 0 Å². The number of Topliss-reactive ketones (excluding diaryl/α,β-unsaturated/α-hetero) is 2. The molecule has 0 spiro atoms. The fraction of sp³-hybridized carbons (Fsp3) is 0.200. The van der Waals surface area contributed by atoms with Crippen LogP contribution >= 0.6 is 89.9 Å². The Balaban J connectivity index is 2.42. The molecular weight excluding hydrogens is 609 g/mol. The topological polar surface area (TPSA) is 34.1 Å². The number of allylic oxidation sites excluding steroid dienone is 1. The molecule has 2 atom stereocenters. The second-order valence-electron chi connectivity index (χ2n) is 6.14. The van der Waals surface area contributed by atoms with Crippen molar-refractivity contribution in [2.75, 3.05) is 0 Å². The van der Waals surface area contributed by atoms with Crippen molar-refractivity contribution in [3.8, 4) is 0 Å². The average Bonchev–Trinajstić information content (AvgIpc) is 2.64. The van der Waals surface area contributed by atoms with Gasteiger partial charge in [0.2, 0.25) is 0 Å². The summed E-state index contributed by atoms with van der Waals surface area (Å²) in [4.78, 5) is 26.0. The molecule has 0 aliphatic carbocycles. The molecule has 0 amide bonds. The maximum absolute atomic E-state index is 13.2. The van der Waals surface area contributed by atoms with E-state index in [1.165, 1.54) is 6.08 Å². The van der Waals surface area contributed by atoms with E-state index in [0.717, 1.165) is 8.95 Å². The van der Waals surface area contributed by atoms with E-state index in [-0.39, 0.29) is 22.5 Å². The van der Waals surface area contributed by atoms with Crippen LogP contribution in [-0.2, 0) is 0 Å². The molecular formula is C20H13Br2Cl5O2. The quantitative estimate of drug-likeness (QED) is 0.229. The van der Waals surface area contributed by atoms with Crippen molar-refractivity contribution in [1.29, 1.82) is 0 Å². The van der Waals surface area contributed by atoms with Gasteiger partial charge in [-0.05, 0) is 30.3 Å². The number of carbonyl (C=O) groups excluding carboxylic acids is 2. The molecule has 0 fully saturated rings. The van der Waals surface area contributed by atoms with Gasteiger partial charge in [-0.25, -0.2) is 0 Å². The molecule has 29 heavy (non-hydrogen) atoms. The lowest BCUT2D eigenvalue weighted by Crippen LogP contribution is -2.34. The highest BCUT2D eigenvalue weighted by atomic mass is 79.9. The van der Waals surface area contributed by atoms with Crippen LogP contribution in [0.1, 0.15) is 27.1 Å². The van der Waals surface area contributed by atoms with Crippen molar-refractivity contribution < 1.29 is 9.59 Å². The fourth-order valence-corrected chi connectivity index (χ4v) is 4.16. The van der Waals surface area contributed by atoms with E-state index >= 15 is 0 Å². The van der Waals surface area contributed by atoms with Crippen molar-refractivity contribution in [2.45, 2.75) is 10.2 Å². The highest BCUT2D eigenvalue weighted by molar-refractivity contribution is 9.10. The maximum Gasteiger partial charge on any atom is 0.194 e. The summed E-state index contributed by atoms with van der Waals surface area (Å²) in [6, 6.07) is 13.5. The molecule has 0 heterocycles. The predicted octanol–water partition coefficient (Wildman–Crippen LogP) is 8.59. The Morgan fingerprint density at radius 3 is 1.72 bits per heavy atom. The first-order chi connectivity index (χ1) is 13.5. The van der Waals surface area contributed by atoms with Crippen LogP contribution in [0.2, 0.25) is 0 Å². The number of carbonyl (C=O) groups is 2. The highest BCUT2D eigenvalue weighted by Crippen LogP contribution is 2.44. The van der Waals surface area contributed by atoms with E-state index in [9.17, 15) is 9.59 Å². The normalized spacial score (nSPS) is 13.5. The van der Waals surface area contributed by atoms with Crippen LogP contribution in [-0.4, -0.2) is 15.4 Å². The summed E-state index contributed by atoms with van der Waals surface area (Å²) in [6.07, 6.45) is 1.11. The number of alkyl halides is 3. The standard InChI is InChI=1S/C20H13Br2Cl5O2/c21-13-5-1-11(2-6-13)17(28)10-16(20(25,26)27)15(9-18(23)24)19(29)12-3-7-14(22)8-4-12/h1-9,15-16H,10H2. The number of benzene rings is 2. The van der Waals surface area contributed by atoms with Crippen LogP contribution in [0.4, 0.5) is 0 Å². The summed E-state index contributed by atoms with van der Waals surface area (Å²) in [7, 11) is 0. The zero-order valence-corrected chi connectivity index (χ0v) is 21.5. The minimum atomic E-state index is -1.92. The lowest BCUT2D eigenvalue weighted by atomic mass is 9.82. The molecule has 0 N–H and O–H groups in total. The molecule has 0 bridgehead atoms. The Morgan fingerprint density at radius 2 is 1.31 bits per heavy atom. The van der Waals surface area contributed by atoms with Gasteiger partial charge in [-0.1, -0.05) is 114 Å². The fourth-order valence-electron chi connectivity index (χ4n) is 2.72. The molecule has 2 nitrogen and oxygen atoms in total. The van der Waals surface area contributed by atoms with Crippen molar-refractivity contribution in [2.24, 2.45) is 11.8 Å². The first kappa shape index (κ1) is 25.2. The molecule has 0 aliphatic rings. The average molecular weight is 622 g/mol. The van der Waals surface area contributed by atoms with Crippen LogP contribution in [0.5, 0.6) is 0 Å². The molecule has 2 aromatic carbocycles. The monoisotopic (exact) mass is 618 g/mol. The largest absolute Gasteiger partial charge is 0.294 e. The number of halogens is 7. The Morgan fingerprint density at radius 1 is 0.862 bits per heavy atom. The van der Waals surface area contributed by atoms with Gasteiger partial charge in [0, 0.05) is 32.4 Å². The molecule has 0 aliphatic heterocycles. The van der Waals surface area contributed by atoms with Crippen LogP contribution in [0.15, 0.2) is 68.0 Å². The van der Waals surface area contributed by atoms with Gasteiger partial charge in [-0.15, -0.1) is 0 Å². The lowest BCUT2D eigenvalue weighted by molar-refractivity contribution is 0.0874. The maximum atomic E-state index is 13.2. The van der Waals surface area contributed by atoms with Gasteiger partial charge in [0.05, 0.1) is 5.92 Å². The third-order valence-electron chi connectivity index (χ3n) is 4.16. The zero-order chi connectivity index (χ0) is 21.8. The number of hydrogen-bond donors (Lipinski definition) is 0. The third-order valence-corrected chi connectivity index (χ3v) is 6.31. The minimum Gasteiger partial charge on any atom is -0.294 e. The third kappa shape index (κ3) is 7.53. The summed E-state index contributed by atoms with van der Waals surface area (Å²) >= 11 is 36.9. The van der Waals surface area contributed by atoms with Crippen molar-refractivity contribution in [3.05, 3.63) is 79.2 Å². The Labute approximate surface area is 210 Å². The molecule has 154 valence electrons. The first-order valence-corrected chi connectivity index (χ1v) is 11.6. The predicted molar refractivity (Wildman–Crippen MR) is 129 cm³/mol. The molecule has 9 heteroatoms. The molecule has 0 saturated carbocycles. The second-order valence-corrected chi connectivity index (χ2v) is 11.3. The summed E-state index contributed by atoms with van der Waals surface area (Å²) < 4.78 is -0.441. The van der Waals surface area contributed by atoms with Gasteiger partial charge < -0.3 is 0 Å². The Hall–Kier alpha value is -0.0700. The molecule has 2 aromatic rings. The van der Waals surface area contributed by atoms with Crippen LogP contribution in [0.25, 0.3) is 0 Å². The Bertz CT molecular complexity index is 902. The van der Waals surface area contributed by atoms with Gasteiger partial charge in [-0.3, -0.25) is 9.59 Å². The van der Waals surface area contributed by atoms with Crippen LogP contribution in [0, 0.1) is 11.8 Å². The summed E-state index contributed by atoms with van der Waals surface area (Å²) in [5.41, 5.74) is 0.808. The van der Waals surface area contributed by atoms with E-state index in [1.54, 1.807) is 48.5 Å². The summed E-state index contributed by atoms with van der Waals surface area (Å²) in [5, 5.41) is 0. The van der Waals surface area contributed by atoms with Gasteiger partial charge >= 0.3 is 0 Å². The van der Waals surface area contributed by atoms with Gasteiger partial charge in [0.15, 0.2) is 15.4 Å². The van der Waals surface area contributed by atoms with Crippen LogP contribution < -0.4 is 0 Å². The lowest BCUT2D eigenvalue weighted by Gasteiger charge is -2.29. The van der Waals surface area contributed by atoms with Crippen molar-refractivity contribution >= 4 is 101 Å². The molecule has 2 unspecified atom stereocenters. The van der Waals surface area contributed by atoms with Gasteiger partial charge in [0.1, 0.15) is 4.49 Å². The summed E-state index contributed by atoms with van der Waals surface area (Å²) in [6.45, 7) is 0. The minimum absolute atomic E-state index is 0.157. The number of hydrogen-bond acceptors (Lipinski definition) is 2. The van der Waals surface area contributed by atoms with E-state index < -0.39 is 15.6 Å². The van der Waals surface area contributed by atoms with Crippen molar-refractivity contribution in [1.82, 2.24) is 0 Å². The molecule has 0 saturated heterocycles.